The van der Waals surface area contributed by atoms with Gasteiger partial charge < -0.3 is 10.4 Å². The molecule has 1 aromatic heterocycles. The Hall–Kier alpha value is -1.66. The summed E-state index contributed by atoms with van der Waals surface area (Å²) < 4.78 is 0.895. The maximum absolute atomic E-state index is 12.0. The third kappa shape index (κ3) is 3.51. The van der Waals surface area contributed by atoms with E-state index < -0.39 is 11.4 Å². The van der Waals surface area contributed by atoms with Gasteiger partial charge >= 0.3 is 5.97 Å². The summed E-state index contributed by atoms with van der Waals surface area (Å²) in [4.78, 5) is 23.8. The topological polar surface area (TPSA) is 66.4 Å². The van der Waals surface area contributed by atoms with Crippen molar-refractivity contribution in [2.24, 2.45) is 0 Å². The van der Waals surface area contributed by atoms with Crippen molar-refractivity contribution in [3.05, 3.63) is 50.6 Å². The van der Waals surface area contributed by atoms with E-state index >= 15 is 0 Å². The summed E-state index contributed by atoms with van der Waals surface area (Å²) in [6.45, 7) is 3.29. The molecule has 1 aromatic carbocycles. The average Bonchev–Trinajstić information content (AvgIpc) is 2.86. The molecule has 1 amide bonds. The van der Waals surface area contributed by atoms with Gasteiger partial charge in [-0.1, -0.05) is 12.1 Å². The van der Waals surface area contributed by atoms with E-state index in [1.807, 2.05) is 6.07 Å². The molecule has 4 nitrogen and oxygen atoms in total. The predicted octanol–water partition coefficient (Wildman–Crippen LogP) is 4.13. The maximum atomic E-state index is 12.0. The van der Waals surface area contributed by atoms with Crippen LogP contribution in [0.3, 0.4) is 0 Å². The van der Waals surface area contributed by atoms with Crippen LogP contribution in [0.1, 0.15) is 29.1 Å². The van der Waals surface area contributed by atoms with Crippen LogP contribution >= 0.6 is 27.3 Å². The SMILES string of the molecule is CC(C)(C(=O)O)c1ccc(NC(=O)c2ccc(Br)s2)cc1. The van der Waals surface area contributed by atoms with E-state index in [-0.39, 0.29) is 5.91 Å². The molecule has 0 saturated heterocycles. The molecule has 0 fully saturated rings. The van der Waals surface area contributed by atoms with Crippen molar-refractivity contribution >= 4 is 44.8 Å². The largest absolute Gasteiger partial charge is 0.481 e. The number of benzene rings is 1. The summed E-state index contributed by atoms with van der Waals surface area (Å²) in [5.74, 6) is -1.07. The van der Waals surface area contributed by atoms with Crippen molar-refractivity contribution in [1.29, 1.82) is 0 Å². The number of aliphatic carboxylic acids is 1. The molecular formula is C15H14BrNO3S. The number of rotatable bonds is 4. The number of halogens is 1. The Morgan fingerprint density at radius 2 is 1.76 bits per heavy atom. The molecular weight excluding hydrogens is 354 g/mol. The predicted molar refractivity (Wildman–Crippen MR) is 87.1 cm³/mol. The van der Waals surface area contributed by atoms with Gasteiger partial charge in [0.15, 0.2) is 0 Å². The number of carbonyl (C=O) groups is 2. The number of anilines is 1. The maximum Gasteiger partial charge on any atom is 0.313 e. The van der Waals surface area contributed by atoms with Crippen molar-refractivity contribution < 1.29 is 14.7 Å². The van der Waals surface area contributed by atoms with Crippen molar-refractivity contribution in [1.82, 2.24) is 0 Å². The minimum atomic E-state index is -0.957. The van der Waals surface area contributed by atoms with Crippen molar-refractivity contribution in [2.45, 2.75) is 19.3 Å². The molecule has 1 heterocycles. The number of amides is 1. The van der Waals surface area contributed by atoms with Gasteiger partial charge in [-0.3, -0.25) is 9.59 Å². The van der Waals surface area contributed by atoms with Gasteiger partial charge in [-0.2, -0.15) is 0 Å². The first kappa shape index (κ1) is 15.7. The van der Waals surface area contributed by atoms with Crippen molar-refractivity contribution in [2.75, 3.05) is 5.32 Å². The van der Waals surface area contributed by atoms with Gasteiger partial charge in [0.25, 0.3) is 5.91 Å². The van der Waals surface area contributed by atoms with Crippen LogP contribution in [0.5, 0.6) is 0 Å². The van der Waals surface area contributed by atoms with Crippen LogP contribution in [0.15, 0.2) is 40.2 Å². The third-order valence-electron chi connectivity index (χ3n) is 3.20. The van der Waals surface area contributed by atoms with Crippen LogP contribution in [0, 0.1) is 0 Å². The lowest BCUT2D eigenvalue weighted by Gasteiger charge is -2.19. The smallest absolute Gasteiger partial charge is 0.313 e. The fraction of sp³-hybridized carbons (Fsp3) is 0.200. The van der Waals surface area contributed by atoms with Gasteiger partial charge in [0.1, 0.15) is 0 Å². The van der Waals surface area contributed by atoms with Crippen molar-refractivity contribution in [3.8, 4) is 0 Å². The van der Waals surface area contributed by atoms with E-state index in [1.165, 1.54) is 11.3 Å². The Bertz CT molecular complexity index is 676. The van der Waals surface area contributed by atoms with Crippen LogP contribution in [0.25, 0.3) is 0 Å². The molecule has 0 atom stereocenters. The lowest BCUT2D eigenvalue weighted by atomic mass is 9.85. The van der Waals surface area contributed by atoms with E-state index in [4.69, 9.17) is 0 Å². The fourth-order valence-corrected chi connectivity index (χ4v) is 3.00. The molecule has 0 spiro atoms. The van der Waals surface area contributed by atoms with Crippen LogP contribution in [0.4, 0.5) is 5.69 Å². The molecule has 2 N–H and O–H groups in total. The number of carboxylic acid groups (broad SMARTS) is 1. The molecule has 0 unspecified atom stereocenters. The van der Waals surface area contributed by atoms with Gasteiger partial charge in [0, 0.05) is 5.69 Å². The first-order chi connectivity index (χ1) is 9.80. The van der Waals surface area contributed by atoms with Gasteiger partial charge in [-0.15, -0.1) is 11.3 Å². The molecule has 110 valence electrons. The summed E-state index contributed by atoms with van der Waals surface area (Å²) in [6.07, 6.45) is 0. The Balaban J connectivity index is 2.13. The second kappa shape index (κ2) is 5.99. The van der Waals surface area contributed by atoms with Crippen LogP contribution in [0.2, 0.25) is 0 Å². The van der Waals surface area contributed by atoms with E-state index in [9.17, 15) is 14.7 Å². The Morgan fingerprint density at radius 3 is 2.24 bits per heavy atom. The zero-order valence-electron chi connectivity index (χ0n) is 11.5. The van der Waals surface area contributed by atoms with Gasteiger partial charge in [-0.25, -0.2) is 0 Å². The normalized spacial score (nSPS) is 11.2. The second-order valence-corrected chi connectivity index (χ2v) is 7.53. The molecule has 21 heavy (non-hydrogen) atoms. The van der Waals surface area contributed by atoms with Crippen molar-refractivity contribution in [3.63, 3.8) is 0 Å². The van der Waals surface area contributed by atoms with Gasteiger partial charge in [0.2, 0.25) is 0 Å². The molecule has 0 aliphatic rings. The van der Waals surface area contributed by atoms with E-state index in [0.29, 0.717) is 16.1 Å². The number of carboxylic acids is 1. The highest BCUT2D eigenvalue weighted by molar-refractivity contribution is 9.11. The summed E-state index contributed by atoms with van der Waals surface area (Å²) in [6, 6.07) is 10.4. The first-order valence-corrected chi connectivity index (χ1v) is 7.82. The highest BCUT2D eigenvalue weighted by Gasteiger charge is 2.29. The van der Waals surface area contributed by atoms with Crippen LogP contribution in [-0.4, -0.2) is 17.0 Å². The number of nitrogens with one attached hydrogen (secondary N) is 1. The van der Waals surface area contributed by atoms with Crippen LogP contribution < -0.4 is 5.32 Å². The first-order valence-electron chi connectivity index (χ1n) is 6.21. The van der Waals surface area contributed by atoms with E-state index in [2.05, 4.69) is 21.2 Å². The molecule has 0 aliphatic carbocycles. The zero-order chi connectivity index (χ0) is 15.6. The summed E-state index contributed by atoms with van der Waals surface area (Å²) in [5, 5.41) is 12.0. The molecule has 6 heteroatoms. The number of carbonyl (C=O) groups excluding carboxylic acids is 1. The third-order valence-corrected chi connectivity index (χ3v) is 4.82. The van der Waals surface area contributed by atoms with E-state index in [1.54, 1.807) is 44.2 Å². The Kier molecular flexibility index (Phi) is 4.49. The highest BCUT2D eigenvalue weighted by atomic mass is 79.9. The van der Waals surface area contributed by atoms with E-state index in [0.717, 1.165) is 3.79 Å². The average molecular weight is 368 g/mol. The number of hydrogen-bond acceptors (Lipinski definition) is 3. The minimum absolute atomic E-state index is 0.184. The molecule has 2 rings (SSSR count). The highest BCUT2D eigenvalue weighted by Crippen LogP contribution is 2.26. The molecule has 0 bridgehead atoms. The van der Waals surface area contributed by atoms with Crippen LogP contribution in [-0.2, 0) is 10.2 Å². The Labute approximate surface area is 134 Å². The molecule has 0 radical (unpaired) electrons. The fourth-order valence-electron chi connectivity index (χ4n) is 1.72. The van der Waals surface area contributed by atoms with Gasteiger partial charge in [0.05, 0.1) is 14.1 Å². The summed E-state index contributed by atoms with van der Waals surface area (Å²) in [5.41, 5.74) is 0.363. The molecule has 0 aliphatic heterocycles. The summed E-state index contributed by atoms with van der Waals surface area (Å²) >= 11 is 4.67. The summed E-state index contributed by atoms with van der Waals surface area (Å²) in [7, 11) is 0. The lowest BCUT2D eigenvalue weighted by Crippen LogP contribution is -2.28. The lowest BCUT2D eigenvalue weighted by molar-refractivity contribution is -0.142. The second-order valence-electron chi connectivity index (χ2n) is 5.07. The number of thiophene rings is 1. The zero-order valence-corrected chi connectivity index (χ0v) is 13.9. The van der Waals surface area contributed by atoms with Gasteiger partial charge in [-0.05, 0) is 59.6 Å². The quantitative estimate of drug-likeness (QED) is 0.853. The number of hydrogen-bond donors (Lipinski definition) is 2. The standard InChI is InChI=1S/C15H14BrNO3S/c1-15(2,14(19)20)9-3-5-10(6-4-9)17-13(18)11-7-8-12(16)21-11/h3-8H,1-2H3,(H,17,18)(H,19,20). The molecule has 2 aromatic rings. The monoisotopic (exact) mass is 367 g/mol. The molecule has 0 saturated carbocycles. The minimum Gasteiger partial charge on any atom is -0.481 e. The Morgan fingerprint density at radius 1 is 1.14 bits per heavy atom.